The summed E-state index contributed by atoms with van der Waals surface area (Å²) in [6.45, 7) is 9.71. The molecule has 3 heterocycles. The van der Waals surface area contributed by atoms with E-state index >= 15 is 0 Å². The number of carbonyl (C=O) groups is 2. The Labute approximate surface area is 213 Å². The molecule has 0 unspecified atom stereocenters. The number of amides is 2. The molecule has 2 aromatic rings. The second-order valence-corrected chi connectivity index (χ2v) is 9.53. The van der Waals surface area contributed by atoms with Crippen molar-refractivity contribution in [3.63, 3.8) is 0 Å². The summed E-state index contributed by atoms with van der Waals surface area (Å²) in [7, 11) is 0. The first-order chi connectivity index (χ1) is 17.6. The van der Waals surface area contributed by atoms with Gasteiger partial charge in [0.25, 0.3) is 0 Å². The molecule has 2 amide bonds. The summed E-state index contributed by atoms with van der Waals surface area (Å²) in [6.07, 6.45) is 5.07. The maximum absolute atomic E-state index is 13.1. The van der Waals surface area contributed by atoms with Crippen LogP contribution in [0, 0.1) is 5.92 Å². The van der Waals surface area contributed by atoms with Crippen LogP contribution in [0.2, 0.25) is 0 Å². The highest BCUT2D eigenvalue weighted by atomic mass is 16.5. The molecule has 1 aromatic heterocycles. The zero-order valence-electron chi connectivity index (χ0n) is 21.5. The molecule has 1 aromatic carbocycles. The molecule has 194 valence electrons. The van der Waals surface area contributed by atoms with Crippen molar-refractivity contribution in [2.75, 3.05) is 57.3 Å². The number of nitrogens with one attached hydrogen (secondary N) is 1. The van der Waals surface area contributed by atoms with Gasteiger partial charge in [-0.15, -0.1) is 0 Å². The fraction of sp³-hybridized carbons (Fsp3) is 0.556. The second kappa shape index (κ2) is 12.7. The topological polar surface area (TPSA) is 90.9 Å². The Kier molecular flexibility index (Phi) is 9.11. The molecule has 0 radical (unpaired) electrons. The lowest BCUT2D eigenvalue weighted by molar-refractivity contribution is -0.138. The average Bonchev–Trinajstić information content (AvgIpc) is 2.92. The van der Waals surface area contributed by atoms with Crippen LogP contribution in [-0.2, 0) is 16.0 Å². The number of aromatic nitrogens is 2. The first-order valence-corrected chi connectivity index (χ1v) is 13.2. The predicted octanol–water partition coefficient (Wildman–Crippen LogP) is 2.72. The molecule has 2 saturated heterocycles. The van der Waals surface area contributed by atoms with Crippen molar-refractivity contribution < 1.29 is 14.3 Å². The maximum Gasteiger partial charge on any atom is 0.234 e. The molecule has 0 spiro atoms. The van der Waals surface area contributed by atoms with E-state index < -0.39 is 0 Å². The SMILES string of the molecule is CCCNC(=O)CN1CCN(C(=O)C2CCN(c3cc(Oc4ccc(CC)cc4)ncn3)CC2)CC1. The van der Waals surface area contributed by atoms with Gasteiger partial charge in [-0.1, -0.05) is 26.0 Å². The van der Waals surface area contributed by atoms with Gasteiger partial charge in [-0.05, 0) is 43.4 Å². The summed E-state index contributed by atoms with van der Waals surface area (Å²) in [5, 5.41) is 2.92. The summed E-state index contributed by atoms with van der Waals surface area (Å²) < 4.78 is 5.93. The zero-order chi connectivity index (χ0) is 25.3. The Morgan fingerprint density at radius 2 is 1.72 bits per heavy atom. The van der Waals surface area contributed by atoms with E-state index in [4.69, 9.17) is 4.74 Å². The number of benzene rings is 1. The van der Waals surface area contributed by atoms with E-state index in [0.717, 1.165) is 63.4 Å². The maximum atomic E-state index is 13.1. The third-order valence-electron chi connectivity index (χ3n) is 6.97. The van der Waals surface area contributed by atoms with E-state index in [1.807, 2.05) is 30.0 Å². The number of aryl methyl sites for hydroxylation is 1. The van der Waals surface area contributed by atoms with Gasteiger partial charge in [-0.2, -0.15) is 0 Å². The number of carbonyl (C=O) groups excluding carboxylic acids is 2. The van der Waals surface area contributed by atoms with Gasteiger partial charge in [0.15, 0.2) is 0 Å². The average molecular weight is 495 g/mol. The molecule has 0 saturated carbocycles. The van der Waals surface area contributed by atoms with Crippen LogP contribution in [0.25, 0.3) is 0 Å². The lowest BCUT2D eigenvalue weighted by Crippen LogP contribution is -2.53. The summed E-state index contributed by atoms with van der Waals surface area (Å²) >= 11 is 0. The standard InChI is InChI=1S/C27H38N6O3/c1-3-11-28-25(34)19-31-14-16-33(17-15-31)27(35)22-9-12-32(13-10-22)24-18-26(30-20-29-24)36-23-7-5-21(4-2)6-8-23/h5-8,18,20,22H,3-4,9-17,19H2,1-2H3,(H,28,34). The first-order valence-electron chi connectivity index (χ1n) is 13.2. The van der Waals surface area contributed by atoms with Crippen LogP contribution < -0.4 is 15.0 Å². The summed E-state index contributed by atoms with van der Waals surface area (Å²) in [6, 6.07) is 9.90. The Hall–Kier alpha value is -3.20. The van der Waals surface area contributed by atoms with Crippen LogP contribution in [0.3, 0.4) is 0 Å². The van der Waals surface area contributed by atoms with Crippen molar-refractivity contribution in [3.8, 4) is 11.6 Å². The molecular weight excluding hydrogens is 456 g/mol. The molecule has 0 aliphatic carbocycles. The number of rotatable bonds is 9. The van der Waals surface area contributed by atoms with Crippen molar-refractivity contribution in [2.24, 2.45) is 5.92 Å². The number of piperidine rings is 1. The van der Waals surface area contributed by atoms with Crippen LogP contribution in [-0.4, -0.2) is 83.9 Å². The molecule has 4 rings (SSSR count). The molecule has 2 aliphatic rings. The van der Waals surface area contributed by atoms with Gasteiger partial charge in [0, 0.05) is 57.8 Å². The van der Waals surface area contributed by atoms with Crippen LogP contribution in [0.1, 0.15) is 38.7 Å². The number of piperazine rings is 1. The minimum absolute atomic E-state index is 0.0373. The molecule has 36 heavy (non-hydrogen) atoms. The molecular formula is C27H38N6O3. The lowest BCUT2D eigenvalue weighted by Gasteiger charge is -2.38. The van der Waals surface area contributed by atoms with Crippen molar-refractivity contribution in [3.05, 3.63) is 42.2 Å². The van der Waals surface area contributed by atoms with Gasteiger partial charge in [0.2, 0.25) is 17.7 Å². The molecule has 2 aliphatic heterocycles. The van der Waals surface area contributed by atoms with Crippen molar-refractivity contribution in [2.45, 2.75) is 39.5 Å². The molecule has 1 N–H and O–H groups in total. The minimum atomic E-state index is 0.0373. The number of hydrogen-bond acceptors (Lipinski definition) is 7. The monoisotopic (exact) mass is 494 g/mol. The fourth-order valence-electron chi connectivity index (χ4n) is 4.74. The van der Waals surface area contributed by atoms with E-state index in [1.165, 1.54) is 11.9 Å². The van der Waals surface area contributed by atoms with Crippen LogP contribution in [0.4, 0.5) is 5.82 Å². The Bertz CT molecular complexity index is 999. The van der Waals surface area contributed by atoms with Crippen molar-refractivity contribution in [1.29, 1.82) is 0 Å². The number of nitrogens with zero attached hydrogens (tertiary/aromatic N) is 5. The normalized spacial score (nSPS) is 17.2. The van der Waals surface area contributed by atoms with Crippen LogP contribution in [0.15, 0.2) is 36.7 Å². The second-order valence-electron chi connectivity index (χ2n) is 9.53. The molecule has 9 heteroatoms. The number of hydrogen-bond donors (Lipinski definition) is 1. The van der Waals surface area contributed by atoms with Gasteiger partial charge < -0.3 is 19.9 Å². The summed E-state index contributed by atoms with van der Waals surface area (Å²) in [4.78, 5) is 40.1. The summed E-state index contributed by atoms with van der Waals surface area (Å²) in [5.41, 5.74) is 1.26. The lowest BCUT2D eigenvalue weighted by atomic mass is 9.95. The van der Waals surface area contributed by atoms with Gasteiger partial charge in [0.1, 0.15) is 17.9 Å². The third-order valence-corrected chi connectivity index (χ3v) is 6.97. The molecule has 9 nitrogen and oxygen atoms in total. The highest BCUT2D eigenvalue weighted by Crippen LogP contribution is 2.27. The summed E-state index contributed by atoms with van der Waals surface area (Å²) in [5.74, 6) is 2.44. The number of ether oxygens (including phenoxy) is 1. The van der Waals surface area contributed by atoms with Gasteiger partial charge in [0.05, 0.1) is 6.54 Å². The van der Waals surface area contributed by atoms with Crippen molar-refractivity contribution in [1.82, 2.24) is 25.1 Å². The van der Waals surface area contributed by atoms with Gasteiger partial charge in [-0.25, -0.2) is 9.97 Å². The molecule has 0 atom stereocenters. The predicted molar refractivity (Wildman–Crippen MR) is 139 cm³/mol. The number of anilines is 1. The molecule has 0 bridgehead atoms. The Morgan fingerprint density at radius 1 is 1.00 bits per heavy atom. The van der Waals surface area contributed by atoms with Crippen molar-refractivity contribution >= 4 is 17.6 Å². The van der Waals surface area contributed by atoms with E-state index in [1.54, 1.807) is 0 Å². The van der Waals surface area contributed by atoms with Gasteiger partial charge >= 0.3 is 0 Å². The van der Waals surface area contributed by atoms with E-state index in [2.05, 4.69) is 44.1 Å². The van der Waals surface area contributed by atoms with E-state index in [9.17, 15) is 9.59 Å². The third kappa shape index (κ3) is 6.94. The largest absolute Gasteiger partial charge is 0.439 e. The quantitative estimate of drug-likeness (QED) is 0.573. The van der Waals surface area contributed by atoms with Crippen LogP contribution >= 0.6 is 0 Å². The Balaban J connectivity index is 1.23. The van der Waals surface area contributed by atoms with E-state index in [-0.39, 0.29) is 17.7 Å². The highest BCUT2D eigenvalue weighted by molar-refractivity contribution is 5.80. The zero-order valence-corrected chi connectivity index (χ0v) is 21.5. The van der Waals surface area contributed by atoms with Crippen LogP contribution in [0.5, 0.6) is 11.6 Å². The fourth-order valence-corrected chi connectivity index (χ4v) is 4.74. The minimum Gasteiger partial charge on any atom is -0.439 e. The van der Waals surface area contributed by atoms with E-state index in [0.29, 0.717) is 32.1 Å². The first kappa shape index (κ1) is 25.9. The smallest absolute Gasteiger partial charge is 0.234 e. The molecule has 2 fully saturated rings. The highest BCUT2D eigenvalue weighted by Gasteiger charge is 2.31. The Morgan fingerprint density at radius 3 is 2.39 bits per heavy atom. The van der Waals surface area contributed by atoms with Gasteiger partial charge in [-0.3, -0.25) is 14.5 Å².